The zero-order valence-electron chi connectivity index (χ0n) is 9.35. The van der Waals surface area contributed by atoms with E-state index in [2.05, 4.69) is 14.1 Å². The van der Waals surface area contributed by atoms with Crippen LogP contribution >= 0.6 is 11.7 Å². The third kappa shape index (κ3) is 2.76. The van der Waals surface area contributed by atoms with Gasteiger partial charge in [-0.2, -0.15) is 8.75 Å². The fraction of sp³-hybridized carbons (Fsp3) is 0.700. The van der Waals surface area contributed by atoms with Crippen LogP contribution in [0.2, 0.25) is 0 Å². The van der Waals surface area contributed by atoms with E-state index in [4.69, 9.17) is 0 Å². The average molecular weight is 240 g/mol. The quantitative estimate of drug-likeness (QED) is 0.847. The first-order valence-electron chi connectivity index (χ1n) is 5.54. The van der Waals surface area contributed by atoms with Crippen LogP contribution in [0.5, 0.6) is 0 Å². The van der Waals surface area contributed by atoms with Gasteiger partial charge in [0.2, 0.25) is 0 Å². The number of likely N-dealkylation sites (N-methyl/N-ethyl adjacent to an activating group) is 1. The van der Waals surface area contributed by atoms with Gasteiger partial charge >= 0.3 is 0 Å². The van der Waals surface area contributed by atoms with Crippen molar-refractivity contribution in [1.82, 2.24) is 19.0 Å². The highest BCUT2D eigenvalue weighted by molar-refractivity contribution is 6.99. The third-order valence-corrected chi connectivity index (χ3v) is 3.31. The maximum absolute atomic E-state index is 11.9. The van der Waals surface area contributed by atoms with Crippen LogP contribution < -0.4 is 5.32 Å². The van der Waals surface area contributed by atoms with Crippen LogP contribution in [0.4, 0.5) is 0 Å². The van der Waals surface area contributed by atoms with Crippen molar-refractivity contribution in [2.24, 2.45) is 0 Å². The lowest BCUT2D eigenvalue weighted by atomic mass is 10.0. The summed E-state index contributed by atoms with van der Waals surface area (Å²) >= 11 is 1.07. The molecule has 6 heteroatoms. The molecule has 1 N–H and O–H groups in total. The van der Waals surface area contributed by atoms with E-state index in [1.807, 2.05) is 7.05 Å². The van der Waals surface area contributed by atoms with Crippen molar-refractivity contribution in [2.75, 3.05) is 20.1 Å². The molecule has 0 spiro atoms. The molecule has 1 aliphatic heterocycles. The van der Waals surface area contributed by atoms with Gasteiger partial charge in [0.25, 0.3) is 5.91 Å². The maximum atomic E-state index is 11.9. The molecule has 1 amide bonds. The van der Waals surface area contributed by atoms with Crippen molar-refractivity contribution in [3.63, 3.8) is 0 Å². The van der Waals surface area contributed by atoms with E-state index in [1.165, 1.54) is 19.0 Å². The summed E-state index contributed by atoms with van der Waals surface area (Å²) in [5.41, 5.74) is 0.448. The lowest BCUT2D eigenvalue weighted by Crippen LogP contribution is -2.44. The Morgan fingerprint density at radius 2 is 2.56 bits per heavy atom. The maximum Gasteiger partial charge on any atom is 0.275 e. The second-order valence-corrected chi connectivity index (χ2v) is 4.68. The monoisotopic (exact) mass is 240 g/mol. The van der Waals surface area contributed by atoms with E-state index in [0.717, 1.165) is 31.2 Å². The molecule has 1 aromatic rings. The summed E-state index contributed by atoms with van der Waals surface area (Å²) in [6.45, 7) is 1.81. The first-order valence-corrected chi connectivity index (χ1v) is 6.27. The van der Waals surface area contributed by atoms with Crippen molar-refractivity contribution in [3.8, 4) is 0 Å². The van der Waals surface area contributed by atoms with Crippen LogP contribution in [0.15, 0.2) is 6.20 Å². The number of hydrogen-bond acceptors (Lipinski definition) is 5. The number of rotatable bonds is 3. The Balaban J connectivity index is 1.87. The van der Waals surface area contributed by atoms with E-state index in [1.54, 1.807) is 4.90 Å². The first kappa shape index (κ1) is 11.5. The third-order valence-electron chi connectivity index (χ3n) is 2.83. The molecule has 16 heavy (non-hydrogen) atoms. The Hall–Kier alpha value is -1.01. The molecule has 1 aromatic heterocycles. The van der Waals surface area contributed by atoms with Crippen molar-refractivity contribution < 1.29 is 4.79 Å². The lowest BCUT2D eigenvalue weighted by Gasteiger charge is -2.27. The predicted molar refractivity (Wildman–Crippen MR) is 62.5 cm³/mol. The molecule has 0 bridgehead atoms. The Kier molecular flexibility index (Phi) is 3.84. The zero-order chi connectivity index (χ0) is 11.4. The predicted octanol–water partition coefficient (Wildman–Crippen LogP) is 0.752. The van der Waals surface area contributed by atoms with E-state index in [-0.39, 0.29) is 5.91 Å². The average Bonchev–Trinajstić information content (AvgIpc) is 2.83. The highest BCUT2D eigenvalue weighted by Gasteiger charge is 2.19. The molecule has 1 aliphatic rings. The van der Waals surface area contributed by atoms with Crippen molar-refractivity contribution >= 4 is 17.6 Å². The van der Waals surface area contributed by atoms with Gasteiger partial charge in [-0.3, -0.25) is 4.79 Å². The number of aromatic nitrogens is 2. The number of carbonyl (C=O) groups excluding carboxylic acids is 1. The van der Waals surface area contributed by atoms with Crippen LogP contribution in [0.3, 0.4) is 0 Å². The van der Waals surface area contributed by atoms with Gasteiger partial charge in [0, 0.05) is 19.6 Å². The number of hydrogen-bond donors (Lipinski definition) is 1. The van der Waals surface area contributed by atoms with E-state index < -0.39 is 0 Å². The van der Waals surface area contributed by atoms with Crippen LogP contribution in [0.1, 0.15) is 29.8 Å². The van der Waals surface area contributed by atoms with Gasteiger partial charge in [-0.1, -0.05) is 6.42 Å². The first-order chi connectivity index (χ1) is 7.77. The molecule has 2 rings (SSSR count). The topological polar surface area (TPSA) is 58.1 Å². The zero-order valence-corrected chi connectivity index (χ0v) is 10.2. The molecule has 5 nitrogen and oxygen atoms in total. The molecule has 88 valence electrons. The second-order valence-electron chi connectivity index (χ2n) is 4.13. The molecular weight excluding hydrogens is 224 g/mol. The van der Waals surface area contributed by atoms with Gasteiger partial charge in [0.05, 0.1) is 17.9 Å². The highest BCUT2D eigenvalue weighted by Crippen LogP contribution is 2.09. The fourth-order valence-electron chi connectivity index (χ4n) is 1.95. The fourth-order valence-corrected chi connectivity index (χ4v) is 2.36. The molecule has 1 fully saturated rings. The summed E-state index contributed by atoms with van der Waals surface area (Å²) < 4.78 is 7.79. The molecular formula is C10H16N4OS. The van der Waals surface area contributed by atoms with E-state index >= 15 is 0 Å². The van der Waals surface area contributed by atoms with Crippen LogP contribution in [0.25, 0.3) is 0 Å². The van der Waals surface area contributed by atoms with E-state index in [0.29, 0.717) is 11.7 Å². The lowest BCUT2D eigenvalue weighted by molar-refractivity contribution is 0.0770. The minimum atomic E-state index is -0.0406. The number of amides is 1. The van der Waals surface area contributed by atoms with Gasteiger partial charge in [-0.15, -0.1) is 0 Å². The van der Waals surface area contributed by atoms with Crippen LogP contribution in [-0.4, -0.2) is 45.7 Å². The molecule has 0 radical (unpaired) electrons. The molecule has 0 saturated carbocycles. The number of carbonyl (C=O) groups is 1. The summed E-state index contributed by atoms with van der Waals surface area (Å²) in [6, 6.07) is 0.425. The normalized spacial score (nSPS) is 20.7. The summed E-state index contributed by atoms with van der Waals surface area (Å²) in [7, 11) is 1.82. The van der Waals surface area contributed by atoms with Gasteiger partial charge in [-0.05, 0) is 19.4 Å². The van der Waals surface area contributed by atoms with Gasteiger partial charge in [0.15, 0.2) is 5.69 Å². The smallest absolute Gasteiger partial charge is 0.275 e. The standard InChI is InChI=1S/C10H16N4OS/c1-14(7-8-4-2-3-5-11-8)10(15)9-6-12-16-13-9/h6,8,11H,2-5,7H2,1H3. The Labute approximate surface area is 99.2 Å². The molecule has 1 atom stereocenters. The van der Waals surface area contributed by atoms with Crippen molar-refractivity contribution in [3.05, 3.63) is 11.9 Å². The number of nitrogens with one attached hydrogen (secondary N) is 1. The molecule has 0 aliphatic carbocycles. The minimum Gasteiger partial charge on any atom is -0.339 e. The molecule has 0 aromatic carbocycles. The SMILES string of the molecule is CN(CC1CCCCN1)C(=O)c1cnsn1. The number of piperidine rings is 1. The summed E-state index contributed by atoms with van der Waals surface area (Å²) in [6.07, 6.45) is 5.16. The minimum absolute atomic E-state index is 0.0406. The Morgan fingerprint density at radius 3 is 3.19 bits per heavy atom. The van der Waals surface area contributed by atoms with Gasteiger partial charge in [-0.25, -0.2) is 0 Å². The molecule has 1 unspecified atom stereocenters. The summed E-state index contributed by atoms with van der Waals surface area (Å²) in [5, 5.41) is 3.42. The summed E-state index contributed by atoms with van der Waals surface area (Å²) in [5.74, 6) is -0.0406. The van der Waals surface area contributed by atoms with Crippen LogP contribution in [0, 0.1) is 0 Å². The highest BCUT2D eigenvalue weighted by atomic mass is 32.1. The largest absolute Gasteiger partial charge is 0.339 e. The van der Waals surface area contributed by atoms with Crippen molar-refractivity contribution in [2.45, 2.75) is 25.3 Å². The molecule has 2 heterocycles. The van der Waals surface area contributed by atoms with Crippen molar-refractivity contribution in [1.29, 1.82) is 0 Å². The van der Waals surface area contributed by atoms with Crippen LogP contribution in [-0.2, 0) is 0 Å². The second kappa shape index (κ2) is 5.36. The molecule has 1 saturated heterocycles. The Morgan fingerprint density at radius 1 is 1.69 bits per heavy atom. The number of nitrogens with zero attached hydrogens (tertiary/aromatic N) is 3. The Bertz CT molecular complexity index is 335. The van der Waals surface area contributed by atoms with Gasteiger partial charge < -0.3 is 10.2 Å². The van der Waals surface area contributed by atoms with Gasteiger partial charge in [0.1, 0.15) is 0 Å². The summed E-state index contributed by atoms with van der Waals surface area (Å²) in [4.78, 5) is 13.6. The van der Waals surface area contributed by atoms with E-state index in [9.17, 15) is 4.79 Å².